The van der Waals surface area contributed by atoms with Gasteiger partial charge >= 0.3 is 0 Å². The van der Waals surface area contributed by atoms with Crippen LogP contribution in [0.15, 0.2) is 97.1 Å². The molecule has 2 aliphatic rings. The Kier molecular flexibility index (Phi) is 7.10. The highest BCUT2D eigenvalue weighted by Crippen LogP contribution is 2.45. The first-order chi connectivity index (χ1) is 22.0. The number of rotatable bonds is 2. The largest absolute Gasteiger partial charge is 0.311 e. The molecule has 0 aliphatic carbocycles. The first-order valence-electron chi connectivity index (χ1n) is 17.2. The zero-order valence-electron chi connectivity index (χ0n) is 30.2. The van der Waals surface area contributed by atoms with E-state index in [1.165, 1.54) is 78.3 Å². The van der Waals surface area contributed by atoms with Gasteiger partial charge < -0.3 is 9.80 Å². The van der Waals surface area contributed by atoms with Gasteiger partial charge in [-0.2, -0.15) is 0 Å². The van der Waals surface area contributed by atoms with Crippen molar-refractivity contribution in [3.63, 3.8) is 0 Å². The van der Waals surface area contributed by atoms with E-state index in [0.29, 0.717) is 0 Å². The molecule has 5 aromatic rings. The number of benzene rings is 5. The highest BCUT2D eigenvalue weighted by Gasteiger charge is 2.43. The fourth-order valence-corrected chi connectivity index (χ4v) is 7.51. The lowest BCUT2D eigenvalue weighted by Crippen LogP contribution is -2.61. The molecule has 0 spiro atoms. The summed E-state index contributed by atoms with van der Waals surface area (Å²) in [7, 11) is 0. The van der Waals surface area contributed by atoms with E-state index in [4.69, 9.17) is 0 Å². The highest BCUT2D eigenvalue weighted by molar-refractivity contribution is 7.00. The van der Waals surface area contributed by atoms with E-state index in [2.05, 4.69) is 183 Å². The van der Waals surface area contributed by atoms with Gasteiger partial charge in [0, 0.05) is 34.1 Å². The molecule has 2 heterocycles. The first-order valence-corrected chi connectivity index (χ1v) is 17.2. The SMILES string of the molecule is Cc1cc(N2c3cc(C(C)(C)C)ccc3B3c4cc(C)ccc4N(c4ccc(C(C)(C)C)cc4)c4cccc2c43)cc(C(C)(C)C)c1. The summed E-state index contributed by atoms with van der Waals surface area (Å²) in [6.45, 7) is 25.4. The van der Waals surface area contributed by atoms with Gasteiger partial charge in [0.25, 0.3) is 6.71 Å². The molecule has 47 heavy (non-hydrogen) atoms. The molecular formula is C44H49BN2. The van der Waals surface area contributed by atoms with E-state index < -0.39 is 0 Å². The Labute approximate surface area is 283 Å². The zero-order chi connectivity index (χ0) is 33.6. The number of anilines is 6. The van der Waals surface area contributed by atoms with Crippen molar-refractivity contribution < 1.29 is 0 Å². The van der Waals surface area contributed by atoms with Gasteiger partial charge in [-0.1, -0.05) is 116 Å². The molecule has 0 saturated heterocycles. The van der Waals surface area contributed by atoms with Crippen molar-refractivity contribution in [3.05, 3.63) is 125 Å². The smallest absolute Gasteiger partial charge is 0.252 e. The summed E-state index contributed by atoms with van der Waals surface area (Å²) < 4.78 is 0. The lowest BCUT2D eigenvalue weighted by molar-refractivity contribution is 0.589. The summed E-state index contributed by atoms with van der Waals surface area (Å²) in [5, 5.41) is 0. The van der Waals surface area contributed by atoms with Crippen LogP contribution in [0.5, 0.6) is 0 Å². The van der Waals surface area contributed by atoms with Crippen molar-refractivity contribution in [2.24, 2.45) is 0 Å². The summed E-state index contributed by atoms with van der Waals surface area (Å²) in [5.74, 6) is 0. The van der Waals surface area contributed by atoms with E-state index in [-0.39, 0.29) is 23.0 Å². The van der Waals surface area contributed by atoms with E-state index in [1.807, 2.05) is 0 Å². The molecule has 238 valence electrons. The molecule has 0 radical (unpaired) electrons. The van der Waals surface area contributed by atoms with E-state index in [0.717, 1.165) is 0 Å². The maximum absolute atomic E-state index is 2.56. The zero-order valence-corrected chi connectivity index (χ0v) is 30.2. The van der Waals surface area contributed by atoms with Crippen LogP contribution in [0.1, 0.15) is 90.1 Å². The Morgan fingerprint density at radius 2 is 1.02 bits per heavy atom. The second-order valence-corrected chi connectivity index (χ2v) is 17.0. The number of hydrogen-bond donors (Lipinski definition) is 0. The van der Waals surface area contributed by atoms with Crippen LogP contribution >= 0.6 is 0 Å². The Balaban J connectivity index is 1.54. The highest BCUT2D eigenvalue weighted by atomic mass is 15.2. The minimum absolute atomic E-state index is 0.0308. The maximum Gasteiger partial charge on any atom is 0.252 e. The minimum Gasteiger partial charge on any atom is -0.311 e. The van der Waals surface area contributed by atoms with Crippen LogP contribution in [0.3, 0.4) is 0 Å². The predicted molar refractivity (Wildman–Crippen MR) is 206 cm³/mol. The number of nitrogens with zero attached hydrogens (tertiary/aromatic N) is 2. The molecule has 2 aliphatic heterocycles. The van der Waals surface area contributed by atoms with Crippen molar-refractivity contribution in [2.45, 2.75) is 92.4 Å². The summed E-state index contributed by atoms with van der Waals surface area (Å²) in [4.78, 5) is 5.06. The Morgan fingerprint density at radius 1 is 0.426 bits per heavy atom. The van der Waals surface area contributed by atoms with Crippen LogP contribution in [0.4, 0.5) is 34.1 Å². The Bertz CT molecular complexity index is 2020. The fraction of sp³-hybridized carbons (Fsp3) is 0.318. The molecule has 7 rings (SSSR count). The molecule has 0 unspecified atom stereocenters. The van der Waals surface area contributed by atoms with Gasteiger partial charge in [-0.15, -0.1) is 0 Å². The fourth-order valence-electron chi connectivity index (χ4n) is 7.51. The van der Waals surface area contributed by atoms with Crippen LogP contribution in [-0.4, -0.2) is 6.71 Å². The van der Waals surface area contributed by atoms with Crippen molar-refractivity contribution in [3.8, 4) is 0 Å². The molecule has 0 bridgehead atoms. The van der Waals surface area contributed by atoms with Crippen LogP contribution in [0.25, 0.3) is 0 Å². The first kappa shape index (κ1) is 31.4. The molecule has 0 fully saturated rings. The van der Waals surface area contributed by atoms with Gasteiger partial charge in [-0.05, 0) is 117 Å². The molecule has 0 saturated carbocycles. The average molecular weight is 617 g/mol. The molecule has 3 heteroatoms. The van der Waals surface area contributed by atoms with Crippen LogP contribution in [0.2, 0.25) is 0 Å². The van der Waals surface area contributed by atoms with Gasteiger partial charge in [0.05, 0.1) is 0 Å². The number of hydrogen-bond acceptors (Lipinski definition) is 2. The monoisotopic (exact) mass is 616 g/mol. The number of aryl methyl sites for hydroxylation is 2. The second-order valence-electron chi connectivity index (χ2n) is 17.0. The predicted octanol–water partition coefficient (Wildman–Crippen LogP) is 10.3. The normalized spacial score (nSPS) is 14.1. The van der Waals surface area contributed by atoms with Gasteiger partial charge in [0.15, 0.2) is 0 Å². The molecule has 0 amide bonds. The lowest BCUT2D eigenvalue weighted by atomic mass is 9.33. The van der Waals surface area contributed by atoms with Crippen LogP contribution in [0, 0.1) is 13.8 Å². The molecule has 0 N–H and O–H groups in total. The van der Waals surface area contributed by atoms with Gasteiger partial charge in [-0.25, -0.2) is 0 Å². The Hall–Kier alpha value is -4.24. The van der Waals surface area contributed by atoms with Crippen molar-refractivity contribution >= 4 is 57.2 Å². The lowest BCUT2D eigenvalue weighted by Gasteiger charge is -2.44. The van der Waals surface area contributed by atoms with Crippen LogP contribution in [-0.2, 0) is 16.2 Å². The van der Waals surface area contributed by atoms with Gasteiger partial charge in [0.1, 0.15) is 0 Å². The van der Waals surface area contributed by atoms with E-state index in [1.54, 1.807) is 0 Å². The standard InChI is InChI=1S/C44H49BN2/c1-28-15-22-37-36(25-28)45-35-21-18-31(43(6,7)8)27-40(35)47(34-24-29(2)23-32(26-34)44(9,10)11)39-14-12-13-38(41(39)45)46(37)33-19-16-30(17-20-33)42(3,4)5/h12-27H,1-11H3. The molecular weight excluding hydrogens is 567 g/mol. The van der Waals surface area contributed by atoms with Gasteiger partial charge in [-0.3, -0.25) is 0 Å². The van der Waals surface area contributed by atoms with E-state index in [9.17, 15) is 0 Å². The summed E-state index contributed by atoms with van der Waals surface area (Å²) in [6.07, 6.45) is 0. The molecule has 2 nitrogen and oxygen atoms in total. The third-order valence-corrected chi connectivity index (χ3v) is 10.2. The van der Waals surface area contributed by atoms with E-state index >= 15 is 0 Å². The van der Waals surface area contributed by atoms with Crippen molar-refractivity contribution in [1.29, 1.82) is 0 Å². The topological polar surface area (TPSA) is 6.48 Å². The quantitative estimate of drug-likeness (QED) is 0.178. The van der Waals surface area contributed by atoms with Gasteiger partial charge in [0.2, 0.25) is 0 Å². The third-order valence-electron chi connectivity index (χ3n) is 10.2. The number of fused-ring (bicyclic) bond motifs is 4. The van der Waals surface area contributed by atoms with Crippen molar-refractivity contribution in [2.75, 3.05) is 9.80 Å². The molecule has 0 atom stereocenters. The minimum atomic E-state index is 0.0308. The third kappa shape index (κ3) is 5.29. The van der Waals surface area contributed by atoms with Crippen LogP contribution < -0.4 is 26.2 Å². The average Bonchev–Trinajstić information content (AvgIpc) is 2.99. The second kappa shape index (κ2) is 10.6. The summed E-state index contributed by atoms with van der Waals surface area (Å²) in [6, 6.07) is 37.6. The summed E-state index contributed by atoms with van der Waals surface area (Å²) >= 11 is 0. The maximum atomic E-state index is 2.56. The Morgan fingerprint density at radius 3 is 1.64 bits per heavy atom. The summed E-state index contributed by atoms with van der Waals surface area (Å²) in [5.41, 5.74) is 18.4. The molecule has 5 aromatic carbocycles. The molecule has 0 aromatic heterocycles. The van der Waals surface area contributed by atoms with Crippen molar-refractivity contribution in [1.82, 2.24) is 0 Å².